The zero-order chi connectivity index (χ0) is 16.4. The minimum absolute atomic E-state index is 0.153. The van der Waals surface area contributed by atoms with E-state index in [0.29, 0.717) is 5.69 Å². The first-order chi connectivity index (χ1) is 11.1. The number of nitrogens with zero attached hydrogens (tertiary/aromatic N) is 2. The molecule has 0 aliphatic heterocycles. The second kappa shape index (κ2) is 6.12. The summed E-state index contributed by atoms with van der Waals surface area (Å²) in [6.07, 6.45) is 1.35. The molecule has 23 heavy (non-hydrogen) atoms. The molecule has 0 radical (unpaired) electrons. The second-order valence-corrected chi connectivity index (χ2v) is 5.04. The van der Waals surface area contributed by atoms with Crippen LogP contribution in [0.3, 0.4) is 0 Å². The Bertz CT molecular complexity index is 907. The molecule has 0 saturated heterocycles. The van der Waals surface area contributed by atoms with Gasteiger partial charge >= 0.3 is 0 Å². The SMILES string of the molecule is COc1c(F)ccc(/C=N\c2cccc3nc(C)ccc23)c1F. The lowest BCUT2D eigenvalue weighted by Crippen LogP contribution is -1.97. The molecule has 1 heterocycles. The largest absolute Gasteiger partial charge is 0.491 e. The molecule has 0 spiro atoms. The van der Waals surface area contributed by atoms with Crippen LogP contribution in [0.4, 0.5) is 14.5 Å². The Labute approximate surface area is 132 Å². The predicted molar refractivity (Wildman–Crippen MR) is 86.6 cm³/mol. The van der Waals surface area contributed by atoms with Gasteiger partial charge in [-0.05, 0) is 43.3 Å². The van der Waals surface area contributed by atoms with Gasteiger partial charge in [-0.2, -0.15) is 0 Å². The molecule has 3 nitrogen and oxygen atoms in total. The number of aryl methyl sites for hydroxylation is 1. The molecule has 2 aromatic carbocycles. The van der Waals surface area contributed by atoms with Crippen molar-refractivity contribution in [2.75, 3.05) is 7.11 Å². The molecule has 0 atom stereocenters. The average molecular weight is 312 g/mol. The summed E-state index contributed by atoms with van der Waals surface area (Å²) in [5.41, 5.74) is 2.54. The van der Waals surface area contributed by atoms with E-state index in [2.05, 4.69) is 9.98 Å². The van der Waals surface area contributed by atoms with Crippen LogP contribution >= 0.6 is 0 Å². The average Bonchev–Trinajstić information content (AvgIpc) is 2.54. The van der Waals surface area contributed by atoms with E-state index in [1.165, 1.54) is 19.4 Å². The first kappa shape index (κ1) is 15.1. The fraction of sp³-hybridized carbons (Fsp3) is 0.111. The quantitative estimate of drug-likeness (QED) is 0.663. The van der Waals surface area contributed by atoms with Crippen LogP contribution in [-0.4, -0.2) is 18.3 Å². The number of benzene rings is 2. The van der Waals surface area contributed by atoms with Gasteiger partial charge in [0, 0.05) is 22.9 Å². The number of fused-ring (bicyclic) bond motifs is 1. The normalized spacial score (nSPS) is 11.3. The van der Waals surface area contributed by atoms with E-state index in [1.807, 2.05) is 37.3 Å². The molecule has 116 valence electrons. The molecule has 3 rings (SSSR count). The molecule has 0 amide bonds. The monoisotopic (exact) mass is 312 g/mol. The summed E-state index contributed by atoms with van der Waals surface area (Å²) in [7, 11) is 1.22. The van der Waals surface area contributed by atoms with Gasteiger partial charge in [-0.1, -0.05) is 6.07 Å². The Morgan fingerprint density at radius 3 is 2.70 bits per heavy atom. The first-order valence-electron chi connectivity index (χ1n) is 7.02. The summed E-state index contributed by atoms with van der Waals surface area (Å²) >= 11 is 0. The number of aromatic nitrogens is 1. The van der Waals surface area contributed by atoms with Crippen molar-refractivity contribution in [2.24, 2.45) is 4.99 Å². The van der Waals surface area contributed by atoms with Gasteiger partial charge in [0.05, 0.1) is 18.3 Å². The van der Waals surface area contributed by atoms with E-state index in [0.717, 1.165) is 22.7 Å². The van der Waals surface area contributed by atoms with Crippen LogP contribution in [0.25, 0.3) is 10.9 Å². The van der Waals surface area contributed by atoms with Crippen LogP contribution in [0.15, 0.2) is 47.5 Å². The molecule has 0 aliphatic rings. The highest BCUT2D eigenvalue weighted by atomic mass is 19.1. The van der Waals surface area contributed by atoms with E-state index in [-0.39, 0.29) is 5.56 Å². The molecule has 0 saturated carbocycles. The number of hydrogen-bond acceptors (Lipinski definition) is 3. The minimum atomic E-state index is -0.773. The van der Waals surface area contributed by atoms with E-state index < -0.39 is 17.4 Å². The Morgan fingerprint density at radius 2 is 1.91 bits per heavy atom. The van der Waals surface area contributed by atoms with Crippen molar-refractivity contribution in [3.63, 3.8) is 0 Å². The fourth-order valence-corrected chi connectivity index (χ4v) is 2.33. The number of halogens is 2. The fourth-order valence-electron chi connectivity index (χ4n) is 2.33. The minimum Gasteiger partial charge on any atom is -0.491 e. The van der Waals surface area contributed by atoms with Gasteiger partial charge in [0.25, 0.3) is 0 Å². The van der Waals surface area contributed by atoms with Crippen molar-refractivity contribution in [3.8, 4) is 5.75 Å². The smallest absolute Gasteiger partial charge is 0.191 e. The summed E-state index contributed by atoms with van der Waals surface area (Å²) in [6.45, 7) is 1.91. The summed E-state index contributed by atoms with van der Waals surface area (Å²) in [5.74, 6) is -1.93. The molecular weight excluding hydrogens is 298 g/mol. The van der Waals surface area contributed by atoms with Gasteiger partial charge in [0.2, 0.25) is 0 Å². The van der Waals surface area contributed by atoms with Crippen LogP contribution in [0.1, 0.15) is 11.3 Å². The van der Waals surface area contributed by atoms with Crippen molar-refractivity contribution in [2.45, 2.75) is 6.92 Å². The third kappa shape index (κ3) is 2.90. The lowest BCUT2D eigenvalue weighted by atomic mass is 10.1. The van der Waals surface area contributed by atoms with E-state index in [4.69, 9.17) is 4.74 Å². The third-order valence-electron chi connectivity index (χ3n) is 3.47. The van der Waals surface area contributed by atoms with Crippen molar-refractivity contribution in [3.05, 3.63) is 65.4 Å². The standard InChI is InChI=1S/C18H14F2N2O/c1-11-6-8-13-15(4-3-5-16(13)22-11)21-10-12-7-9-14(19)18(23-2)17(12)20/h3-10H,1-2H3/b21-10-. The summed E-state index contributed by atoms with van der Waals surface area (Å²) < 4.78 is 32.3. The number of hydrogen-bond donors (Lipinski definition) is 0. The maximum Gasteiger partial charge on any atom is 0.191 e. The molecule has 1 aromatic heterocycles. The summed E-state index contributed by atoms with van der Waals surface area (Å²) in [4.78, 5) is 8.75. The highest BCUT2D eigenvalue weighted by Crippen LogP contribution is 2.26. The molecule has 0 bridgehead atoms. The summed E-state index contributed by atoms with van der Waals surface area (Å²) in [5, 5.41) is 0.865. The van der Waals surface area contributed by atoms with Gasteiger partial charge in [-0.3, -0.25) is 9.98 Å². The predicted octanol–water partition coefficient (Wildman–Crippen LogP) is 4.58. The number of rotatable bonds is 3. The lowest BCUT2D eigenvalue weighted by molar-refractivity contribution is 0.359. The first-order valence-corrected chi connectivity index (χ1v) is 7.02. The highest BCUT2D eigenvalue weighted by molar-refractivity contribution is 5.93. The summed E-state index contributed by atoms with van der Waals surface area (Å²) in [6, 6.07) is 11.8. The Hall–Kier alpha value is -2.82. The molecule has 0 unspecified atom stereocenters. The molecule has 0 N–H and O–H groups in total. The maximum absolute atomic E-state index is 14.1. The van der Waals surface area contributed by atoms with Crippen molar-refractivity contribution >= 4 is 22.8 Å². The third-order valence-corrected chi connectivity index (χ3v) is 3.47. The van der Waals surface area contributed by atoms with Gasteiger partial charge in [-0.25, -0.2) is 8.78 Å². The maximum atomic E-state index is 14.1. The van der Waals surface area contributed by atoms with Crippen molar-refractivity contribution in [1.29, 1.82) is 0 Å². The Morgan fingerprint density at radius 1 is 1.09 bits per heavy atom. The van der Waals surface area contributed by atoms with Crippen LogP contribution in [0, 0.1) is 18.6 Å². The van der Waals surface area contributed by atoms with Gasteiger partial charge < -0.3 is 4.74 Å². The van der Waals surface area contributed by atoms with Gasteiger partial charge in [0.15, 0.2) is 17.4 Å². The van der Waals surface area contributed by atoms with E-state index in [9.17, 15) is 8.78 Å². The Balaban J connectivity index is 2.04. The van der Waals surface area contributed by atoms with Gasteiger partial charge in [-0.15, -0.1) is 0 Å². The number of aliphatic imine (C=N–C) groups is 1. The molecule has 5 heteroatoms. The second-order valence-electron chi connectivity index (χ2n) is 5.04. The van der Waals surface area contributed by atoms with Crippen LogP contribution in [0.5, 0.6) is 5.75 Å². The number of ether oxygens (including phenoxy) is 1. The molecular formula is C18H14F2N2O. The number of pyridine rings is 1. The Kier molecular flexibility index (Phi) is 4.02. The highest BCUT2D eigenvalue weighted by Gasteiger charge is 2.12. The zero-order valence-electron chi connectivity index (χ0n) is 12.7. The molecule has 3 aromatic rings. The molecule has 0 fully saturated rings. The van der Waals surface area contributed by atoms with Crippen LogP contribution in [0.2, 0.25) is 0 Å². The van der Waals surface area contributed by atoms with Crippen molar-refractivity contribution in [1.82, 2.24) is 4.98 Å². The van der Waals surface area contributed by atoms with E-state index in [1.54, 1.807) is 0 Å². The number of methoxy groups -OCH3 is 1. The molecule has 0 aliphatic carbocycles. The zero-order valence-corrected chi connectivity index (χ0v) is 12.7. The topological polar surface area (TPSA) is 34.5 Å². The van der Waals surface area contributed by atoms with Crippen LogP contribution in [-0.2, 0) is 0 Å². The van der Waals surface area contributed by atoms with Crippen molar-refractivity contribution < 1.29 is 13.5 Å². The van der Waals surface area contributed by atoms with Crippen LogP contribution < -0.4 is 4.74 Å². The van der Waals surface area contributed by atoms with E-state index >= 15 is 0 Å². The van der Waals surface area contributed by atoms with Gasteiger partial charge in [0.1, 0.15) is 0 Å². The lowest BCUT2D eigenvalue weighted by Gasteiger charge is -2.06.